The number of ketones is 1. The molecule has 1 heterocycles. The Balaban J connectivity index is 1.80. The minimum absolute atomic E-state index is 0.0359. The van der Waals surface area contributed by atoms with Crippen LogP contribution in [0.4, 0.5) is 5.69 Å². The molecule has 1 aromatic rings. The third-order valence-corrected chi connectivity index (χ3v) is 7.34. The molecule has 35 heavy (non-hydrogen) atoms. The maximum Gasteiger partial charge on any atom is 0.252 e. The number of hydrogen-bond acceptors (Lipinski definition) is 7. The Hall–Kier alpha value is -2.66. The molecule has 3 rings (SSSR count). The SMILES string of the molecule is CC[C@@H]1OCC(=O)[C@H]1NC(=O)[C@H](CC1(C)CCCC1)NC(=O)c1ccc(NS(C)(=O)=O)c(OC)c1. The molecule has 0 bridgehead atoms. The van der Waals surface area contributed by atoms with Gasteiger partial charge in [0, 0.05) is 5.56 Å². The predicted molar refractivity (Wildman–Crippen MR) is 131 cm³/mol. The van der Waals surface area contributed by atoms with Crippen molar-refractivity contribution < 1.29 is 32.3 Å². The van der Waals surface area contributed by atoms with Gasteiger partial charge in [-0.2, -0.15) is 0 Å². The molecule has 11 heteroatoms. The molecule has 1 aliphatic heterocycles. The first-order valence-corrected chi connectivity index (χ1v) is 13.8. The van der Waals surface area contributed by atoms with E-state index in [0.717, 1.165) is 31.9 Å². The van der Waals surface area contributed by atoms with Gasteiger partial charge in [-0.15, -0.1) is 0 Å². The van der Waals surface area contributed by atoms with Crippen LogP contribution in [0, 0.1) is 5.41 Å². The second-order valence-electron chi connectivity index (χ2n) is 9.75. The summed E-state index contributed by atoms with van der Waals surface area (Å²) in [5, 5.41) is 5.63. The lowest BCUT2D eigenvalue weighted by molar-refractivity contribution is -0.128. The molecule has 0 spiro atoms. The zero-order chi connectivity index (χ0) is 25.8. The van der Waals surface area contributed by atoms with Gasteiger partial charge in [0.15, 0.2) is 5.78 Å². The van der Waals surface area contributed by atoms with Crippen molar-refractivity contribution in [3.63, 3.8) is 0 Å². The second-order valence-corrected chi connectivity index (χ2v) is 11.5. The van der Waals surface area contributed by atoms with Crippen LogP contribution in [0.1, 0.15) is 62.7 Å². The number of ether oxygens (including phenoxy) is 2. The highest BCUT2D eigenvalue weighted by molar-refractivity contribution is 7.92. The Morgan fingerprint density at radius 2 is 1.94 bits per heavy atom. The molecule has 1 aliphatic carbocycles. The summed E-state index contributed by atoms with van der Waals surface area (Å²) in [6.07, 6.45) is 5.69. The fourth-order valence-corrected chi connectivity index (χ4v) is 5.42. The monoisotopic (exact) mass is 509 g/mol. The van der Waals surface area contributed by atoms with E-state index in [1.54, 1.807) is 0 Å². The largest absolute Gasteiger partial charge is 0.495 e. The van der Waals surface area contributed by atoms with E-state index in [1.807, 2.05) is 6.92 Å². The molecule has 1 aromatic carbocycles. The molecule has 0 radical (unpaired) electrons. The van der Waals surface area contributed by atoms with Crippen molar-refractivity contribution >= 4 is 33.3 Å². The van der Waals surface area contributed by atoms with Crippen molar-refractivity contribution in [2.45, 2.75) is 70.6 Å². The minimum Gasteiger partial charge on any atom is -0.495 e. The van der Waals surface area contributed by atoms with Crippen LogP contribution in [0.3, 0.4) is 0 Å². The number of carbonyl (C=O) groups is 3. The van der Waals surface area contributed by atoms with E-state index in [9.17, 15) is 22.8 Å². The number of benzene rings is 1. The lowest BCUT2D eigenvalue weighted by Crippen LogP contribution is -2.54. The van der Waals surface area contributed by atoms with Gasteiger partial charge in [-0.05, 0) is 49.3 Å². The third kappa shape index (κ3) is 6.94. The maximum absolute atomic E-state index is 13.3. The highest BCUT2D eigenvalue weighted by Gasteiger charge is 2.40. The minimum atomic E-state index is -3.54. The van der Waals surface area contributed by atoms with Crippen molar-refractivity contribution in [1.29, 1.82) is 0 Å². The Kier molecular flexibility index (Phi) is 8.42. The summed E-state index contributed by atoms with van der Waals surface area (Å²) in [7, 11) is -2.17. The molecule has 194 valence electrons. The lowest BCUT2D eigenvalue weighted by atomic mass is 9.81. The van der Waals surface area contributed by atoms with E-state index < -0.39 is 33.9 Å². The zero-order valence-corrected chi connectivity index (χ0v) is 21.5. The van der Waals surface area contributed by atoms with E-state index >= 15 is 0 Å². The van der Waals surface area contributed by atoms with E-state index in [0.29, 0.717) is 12.8 Å². The van der Waals surface area contributed by atoms with Crippen LogP contribution < -0.4 is 20.1 Å². The summed E-state index contributed by atoms with van der Waals surface area (Å²) in [5.41, 5.74) is 0.308. The van der Waals surface area contributed by atoms with Gasteiger partial charge >= 0.3 is 0 Å². The van der Waals surface area contributed by atoms with Crippen LogP contribution in [0.5, 0.6) is 5.75 Å². The number of nitrogens with one attached hydrogen (secondary N) is 3. The Bertz CT molecular complexity index is 1070. The van der Waals surface area contributed by atoms with Crippen LogP contribution in [0.2, 0.25) is 0 Å². The number of rotatable bonds is 10. The van der Waals surface area contributed by atoms with Gasteiger partial charge in [-0.25, -0.2) is 8.42 Å². The molecular formula is C24H35N3O7S. The quantitative estimate of drug-likeness (QED) is 0.438. The number of Topliss-reactive ketones (excluding diaryl/α,β-unsaturated/α-hetero) is 1. The summed E-state index contributed by atoms with van der Waals surface area (Å²) in [6.45, 7) is 3.96. The van der Waals surface area contributed by atoms with Gasteiger partial charge < -0.3 is 20.1 Å². The smallest absolute Gasteiger partial charge is 0.252 e. The highest BCUT2D eigenvalue weighted by Crippen LogP contribution is 2.41. The summed E-state index contributed by atoms with van der Waals surface area (Å²) < 4.78 is 36.2. The molecule has 0 aromatic heterocycles. The molecular weight excluding hydrogens is 474 g/mol. The molecule has 2 aliphatic rings. The number of amides is 2. The second kappa shape index (κ2) is 10.9. The van der Waals surface area contributed by atoms with E-state index in [4.69, 9.17) is 9.47 Å². The molecule has 2 amide bonds. The number of anilines is 1. The fraction of sp³-hybridized carbons (Fsp3) is 0.625. The van der Waals surface area contributed by atoms with Crippen LogP contribution >= 0.6 is 0 Å². The molecule has 2 fully saturated rings. The number of carbonyl (C=O) groups excluding carboxylic acids is 3. The van der Waals surface area contributed by atoms with E-state index in [1.165, 1.54) is 25.3 Å². The lowest BCUT2D eigenvalue weighted by Gasteiger charge is -2.30. The first kappa shape index (κ1) is 26.9. The van der Waals surface area contributed by atoms with Crippen molar-refractivity contribution in [3.8, 4) is 5.75 Å². The third-order valence-electron chi connectivity index (χ3n) is 6.75. The Morgan fingerprint density at radius 3 is 2.54 bits per heavy atom. The molecule has 3 atom stereocenters. The standard InChI is InChI=1S/C24H35N3O7S/c1-5-19-21(18(28)14-34-19)26-23(30)17(13-24(2)10-6-7-11-24)25-22(29)15-8-9-16(20(12-15)33-3)27-35(4,31)32/h8-9,12,17,19,21,27H,5-7,10-11,13-14H2,1-4H3,(H,25,29)(H,26,30)/t17-,19-,21+/m0/s1. The molecule has 0 unspecified atom stereocenters. The Morgan fingerprint density at radius 1 is 1.26 bits per heavy atom. The van der Waals surface area contributed by atoms with Crippen molar-refractivity contribution in [2.75, 3.05) is 24.7 Å². The summed E-state index contributed by atoms with van der Waals surface area (Å²) in [4.78, 5) is 38.7. The van der Waals surface area contributed by atoms with E-state index in [2.05, 4.69) is 22.3 Å². The van der Waals surface area contributed by atoms with Crippen molar-refractivity contribution in [2.24, 2.45) is 5.41 Å². The average molecular weight is 510 g/mol. The van der Waals surface area contributed by atoms with Crippen LogP contribution in [0.15, 0.2) is 18.2 Å². The van der Waals surface area contributed by atoms with Gasteiger partial charge in [0.25, 0.3) is 5.91 Å². The predicted octanol–water partition coefficient (Wildman–Crippen LogP) is 2.00. The summed E-state index contributed by atoms with van der Waals surface area (Å²) in [6, 6.07) is 2.72. The van der Waals surface area contributed by atoms with Crippen molar-refractivity contribution in [1.82, 2.24) is 10.6 Å². The highest BCUT2D eigenvalue weighted by atomic mass is 32.2. The van der Waals surface area contributed by atoms with Gasteiger partial charge in [0.05, 0.1) is 25.2 Å². The first-order chi connectivity index (χ1) is 16.4. The number of hydrogen-bond donors (Lipinski definition) is 3. The fourth-order valence-electron chi connectivity index (χ4n) is 4.86. The summed E-state index contributed by atoms with van der Waals surface area (Å²) in [5.74, 6) is -0.930. The molecule has 10 nitrogen and oxygen atoms in total. The van der Waals surface area contributed by atoms with Gasteiger partial charge in [0.1, 0.15) is 24.4 Å². The van der Waals surface area contributed by atoms with Gasteiger partial charge in [0.2, 0.25) is 15.9 Å². The topological polar surface area (TPSA) is 140 Å². The average Bonchev–Trinajstić information content (AvgIpc) is 3.37. The maximum atomic E-state index is 13.3. The normalized spacial score (nSPS) is 22.5. The van der Waals surface area contributed by atoms with Crippen molar-refractivity contribution in [3.05, 3.63) is 23.8 Å². The zero-order valence-electron chi connectivity index (χ0n) is 20.7. The summed E-state index contributed by atoms with van der Waals surface area (Å²) >= 11 is 0. The molecule has 1 saturated carbocycles. The number of sulfonamides is 1. The van der Waals surface area contributed by atoms with Crippen LogP contribution in [-0.2, 0) is 24.3 Å². The Labute approximate surface area is 206 Å². The number of methoxy groups -OCH3 is 1. The van der Waals surface area contributed by atoms with Gasteiger partial charge in [-0.1, -0.05) is 26.7 Å². The van der Waals surface area contributed by atoms with E-state index in [-0.39, 0.29) is 40.9 Å². The molecule has 1 saturated heterocycles. The van der Waals surface area contributed by atoms with Gasteiger partial charge in [-0.3, -0.25) is 19.1 Å². The first-order valence-electron chi connectivity index (χ1n) is 11.9. The molecule has 3 N–H and O–H groups in total. The van der Waals surface area contributed by atoms with Crippen LogP contribution in [0.25, 0.3) is 0 Å². The van der Waals surface area contributed by atoms with Crippen LogP contribution in [-0.4, -0.2) is 64.2 Å².